The fourth-order valence-corrected chi connectivity index (χ4v) is 12.0. The van der Waals surface area contributed by atoms with Gasteiger partial charge in [-0.2, -0.15) is 0 Å². The van der Waals surface area contributed by atoms with E-state index in [0.29, 0.717) is 0 Å². The lowest BCUT2D eigenvalue weighted by atomic mass is 10.1. The zero-order valence-electron chi connectivity index (χ0n) is 21.3. The minimum Gasteiger partial charge on any atom is -0.135 e. The average molecular weight is 581 g/mol. The van der Waals surface area contributed by atoms with Gasteiger partial charge >= 0.3 is 0 Å². The zero-order chi connectivity index (χ0) is 26.2. The third-order valence-electron chi connectivity index (χ3n) is 7.86. The Morgan fingerprint density at radius 2 is 0.600 bits per heavy atom. The second kappa shape index (κ2) is 8.96. The molecule has 0 saturated carbocycles. The highest BCUT2D eigenvalue weighted by atomic mass is 32.1. The number of hydrogen-bond acceptors (Lipinski definition) is 3. The first kappa shape index (κ1) is 23.1. The van der Waals surface area contributed by atoms with E-state index in [1.165, 1.54) is 76.4 Å². The summed E-state index contributed by atoms with van der Waals surface area (Å²) in [6, 6.07) is 48.0. The van der Waals surface area contributed by atoms with Crippen LogP contribution in [0.2, 0.25) is 0 Å². The summed E-state index contributed by atoms with van der Waals surface area (Å²) in [7, 11) is -0.734. The van der Waals surface area contributed by atoms with E-state index in [2.05, 4.69) is 127 Å². The van der Waals surface area contributed by atoms with E-state index in [4.69, 9.17) is 0 Å². The van der Waals surface area contributed by atoms with Gasteiger partial charge < -0.3 is 0 Å². The van der Waals surface area contributed by atoms with Crippen molar-refractivity contribution in [3.8, 4) is 0 Å². The fourth-order valence-electron chi connectivity index (χ4n) is 6.01. The fraction of sp³-hybridized carbons (Fsp3) is 0. The number of hydrogen-bond donors (Lipinski definition) is 0. The van der Waals surface area contributed by atoms with E-state index in [1.807, 2.05) is 34.0 Å². The summed E-state index contributed by atoms with van der Waals surface area (Å²) in [6.45, 7) is 0. The van der Waals surface area contributed by atoms with Crippen LogP contribution in [0.4, 0.5) is 0 Å². The van der Waals surface area contributed by atoms with Crippen LogP contribution in [0.5, 0.6) is 0 Å². The van der Waals surface area contributed by atoms with Gasteiger partial charge in [0, 0.05) is 60.5 Å². The molecule has 0 N–H and O–H groups in total. The first-order chi connectivity index (χ1) is 19.8. The summed E-state index contributed by atoms with van der Waals surface area (Å²) in [6.07, 6.45) is 0. The van der Waals surface area contributed by atoms with E-state index in [9.17, 15) is 0 Å². The van der Waals surface area contributed by atoms with Crippen molar-refractivity contribution in [1.82, 2.24) is 0 Å². The molecule has 6 aromatic carbocycles. The third kappa shape index (κ3) is 3.52. The van der Waals surface area contributed by atoms with Crippen LogP contribution in [0, 0.1) is 0 Å². The Morgan fingerprint density at radius 3 is 0.950 bits per heavy atom. The first-order valence-corrected chi connectivity index (χ1v) is 17.1. The molecule has 0 radical (unpaired) electrons. The zero-order valence-corrected chi connectivity index (χ0v) is 24.6. The van der Waals surface area contributed by atoms with Crippen molar-refractivity contribution in [2.75, 3.05) is 0 Å². The van der Waals surface area contributed by atoms with Gasteiger partial charge in [0.05, 0.1) is 0 Å². The summed E-state index contributed by atoms with van der Waals surface area (Å²) in [4.78, 5) is 0. The van der Waals surface area contributed by atoms with Crippen molar-refractivity contribution < 1.29 is 0 Å². The molecular formula is C36H21PS3. The first-order valence-electron chi connectivity index (χ1n) is 13.3. The van der Waals surface area contributed by atoms with Crippen molar-refractivity contribution in [2.24, 2.45) is 0 Å². The van der Waals surface area contributed by atoms with Crippen molar-refractivity contribution in [3.63, 3.8) is 0 Å². The highest BCUT2D eigenvalue weighted by molar-refractivity contribution is 7.80. The molecule has 0 spiro atoms. The number of fused-ring (bicyclic) bond motifs is 9. The highest BCUT2D eigenvalue weighted by Crippen LogP contribution is 2.42. The van der Waals surface area contributed by atoms with Gasteiger partial charge in [-0.1, -0.05) is 91.0 Å². The number of thiophene rings is 3. The molecule has 0 saturated heterocycles. The van der Waals surface area contributed by atoms with Gasteiger partial charge in [0.25, 0.3) is 0 Å². The van der Waals surface area contributed by atoms with Gasteiger partial charge in [-0.15, -0.1) is 34.0 Å². The molecule has 0 atom stereocenters. The van der Waals surface area contributed by atoms with Crippen LogP contribution in [0.25, 0.3) is 60.5 Å². The Hall–Kier alpha value is -3.59. The molecule has 188 valence electrons. The molecular weight excluding hydrogens is 560 g/mol. The number of benzene rings is 6. The quantitative estimate of drug-likeness (QED) is 0.182. The maximum Gasteiger partial charge on any atom is 0.0361 e. The Bertz CT molecular complexity index is 2130. The second-order valence-corrected chi connectivity index (χ2v) is 15.6. The molecule has 0 fully saturated rings. The van der Waals surface area contributed by atoms with Gasteiger partial charge in [0.1, 0.15) is 0 Å². The van der Waals surface area contributed by atoms with Gasteiger partial charge in [-0.05, 0) is 60.2 Å². The summed E-state index contributed by atoms with van der Waals surface area (Å²) in [5.41, 5.74) is 0. The van der Waals surface area contributed by atoms with Crippen LogP contribution in [-0.4, -0.2) is 0 Å². The summed E-state index contributed by atoms with van der Waals surface area (Å²) in [5.74, 6) is 0. The van der Waals surface area contributed by atoms with Crippen molar-refractivity contribution >= 4 is 118 Å². The predicted molar refractivity (Wildman–Crippen MR) is 184 cm³/mol. The predicted octanol–water partition coefficient (Wildman–Crippen LogP) is 10.5. The van der Waals surface area contributed by atoms with E-state index in [1.54, 1.807) is 0 Å². The maximum absolute atomic E-state index is 2.47. The molecule has 0 unspecified atom stereocenters. The minimum absolute atomic E-state index is 0.734. The molecule has 40 heavy (non-hydrogen) atoms. The number of rotatable bonds is 3. The Morgan fingerprint density at radius 1 is 0.300 bits per heavy atom. The van der Waals surface area contributed by atoms with Crippen LogP contribution >= 0.6 is 41.9 Å². The smallest absolute Gasteiger partial charge is 0.0361 e. The molecule has 9 aromatic rings. The average Bonchev–Trinajstić information content (AvgIpc) is 3.67. The SMILES string of the molecule is c1ccc2c(c1)sc1cc(P(c3ccc4c(c3)sc3ccccc34)c3ccc4c(c3)sc3ccccc34)ccc12. The minimum atomic E-state index is -0.734. The molecule has 0 bridgehead atoms. The maximum atomic E-state index is 2.47. The molecule has 0 nitrogen and oxygen atoms in total. The molecule has 3 heterocycles. The molecule has 0 amide bonds. The highest BCUT2D eigenvalue weighted by Gasteiger charge is 2.20. The Balaban J connectivity index is 1.29. The van der Waals surface area contributed by atoms with Crippen molar-refractivity contribution in [2.45, 2.75) is 0 Å². The normalized spacial score (nSPS) is 12.2. The van der Waals surface area contributed by atoms with Gasteiger partial charge in [-0.25, -0.2) is 0 Å². The van der Waals surface area contributed by atoms with Crippen LogP contribution in [0.3, 0.4) is 0 Å². The lowest BCUT2D eigenvalue weighted by Crippen LogP contribution is -2.20. The van der Waals surface area contributed by atoms with Crippen LogP contribution in [0.1, 0.15) is 0 Å². The Kier molecular flexibility index (Phi) is 5.18. The monoisotopic (exact) mass is 580 g/mol. The molecule has 0 aliphatic carbocycles. The van der Waals surface area contributed by atoms with E-state index >= 15 is 0 Å². The van der Waals surface area contributed by atoms with Crippen LogP contribution in [-0.2, 0) is 0 Å². The van der Waals surface area contributed by atoms with Crippen molar-refractivity contribution in [3.05, 3.63) is 127 Å². The Labute approximate surface area is 244 Å². The molecule has 9 rings (SSSR count). The van der Waals surface area contributed by atoms with Crippen LogP contribution in [0.15, 0.2) is 127 Å². The van der Waals surface area contributed by atoms with Gasteiger partial charge in [0.2, 0.25) is 0 Å². The summed E-state index contributed by atoms with van der Waals surface area (Å²) >= 11 is 5.73. The molecule has 0 aliphatic heterocycles. The topological polar surface area (TPSA) is 0 Å². The van der Waals surface area contributed by atoms with E-state index in [-0.39, 0.29) is 0 Å². The summed E-state index contributed by atoms with van der Waals surface area (Å²) in [5, 5.41) is 12.4. The third-order valence-corrected chi connectivity index (χ3v) is 13.6. The van der Waals surface area contributed by atoms with Gasteiger partial charge in [0.15, 0.2) is 0 Å². The lowest BCUT2D eigenvalue weighted by Gasteiger charge is -2.20. The lowest BCUT2D eigenvalue weighted by molar-refractivity contribution is 1.85. The molecule has 4 heteroatoms. The standard InChI is InChI=1S/C36H21PS3/c1-4-10-31-25(7-1)28-16-13-22(19-34(28)38-31)37(23-14-17-29-26-8-2-5-11-32(26)39-35(29)20-23)24-15-18-30-27-9-3-6-12-33(27)40-36(30)21-24/h1-21H. The van der Waals surface area contributed by atoms with Crippen LogP contribution < -0.4 is 15.9 Å². The van der Waals surface area contributed by atoms with E-state index in [0.717, 1.165) is 0 Å². The summed E-state index contributed by atoms with van der Waals surface area (Å²) < 4.78 is 8.19. The second-order valence-electron chi connectivity index (χ2n) is 10.2. The molecule has 3 aromatic heterocycles. The van der Waals surface area contributed by atoms with Gasteiger partial charge in [-0.3, -0.25) is 0 Å². The van der Waals surface area contributed by atoms with Crippen molar-refractivity contribution in [1.29, 1.82) is 0 Å². The van der Waals surface area contributed by atoms with E-state index < -0.39 is 7.92 Å². The largest absolute Gasteiger partial charge is 0.135 e. The molecule has 0 aliphatic rings.